The second-order valence-corrected chi connectivity index (χ2v) is 5.71. The summed E-state index contributed by atoms with van der Waals surface area (Å²) in [5.74, 6) is 0. The standard InChI is InChI=1S/C8H8BrNO2S/c9-7-1-3-8(4-2-7)13(11,12)10-5-6-10/h1-4H,5-6H2. The maximum Gasteiger partial charge on any atom is 0.243 e. The van der Waals surface area contributed by atoms with Gasteiger partial charge in [-0.2, -0.15) is 4.31 Å². The van der Waals surface area contributed by atoms with Gasteiger partial charge in [0, 0.05) is 17.6 Å². The summed E-state index contributed by atoms with van der Waals surface area (Å²) in [4.78, 5) is 0.369. The number of halogens is 1. The van der Waals surface area contributed by atoms with Gasteiger partial charge in [-0.3, -0.25) is 0 Å². The lowest BCUT2D eigenvalue weighted by Crippen LogP contribution is -2.11. The van der Waals surface area contributed by atoms with Gasteiger partial charge in [-0.25, -0.2) is 8.42 Å². The van der Waals surface area contributed by atoms with Crippen molar-refractivity contribution in [1.82, 2.24) is 4.31 Å². The van der Waals surface area contributed by atoms with E-state index in [1.165, 1.54) is 4.31 Å². The van der Waals surface area contributed by atoms with E-state index in [1.807, 2.05) is 0 Å². The molecule has 0 saturated carbocycles. The van der Waals surface area contributed by atoms with E-state index < -0.39 is 10.0 Å². The summed E-state index contributed by atoms with van der Waals surface area (Å²) in [5, 5.41) is 0. The zero-order chi connectivity index (χ0) is 9.47. The molecule has 2 rings (SSSR count). The second kappa shape index (κ2) is 3.08. The maximum atomic E-state index is 11.6. The van der Waals surface area contributed by atoms with E-state index in [-0.39, 0.29) is 0 Å². The van der Waals surface area contributed by atoms with Gasteiger partial charge in [0.25, 0.3) is 0 Å². The van der Waals surface area contributed by atoms with Crippen LogP contribution in [-0.4, -0.2) is 25.8 Å². The number of hydrogen-bond donors (Lipinski definition) is 0. The molecule has 0 bridgehead atoms. The van der Waals surface area contributed by atoms with E-state index in [2.05, 4.69) is 15.9 Å². The fraction of sp³-hybridized carbons (Fsp3) is 0.250. The van der Waals surface area contributed by atoms with Crippen molar-refractivity contribution in [2.24, 2.45) is 0 Å². The van der Waals surface area contributed by atoms with Crippen LogP contribution in [0.4, 0.5) is 0 Å². The molecule has 5 heteroatoms. The first-order valence-corrected chi connectivity index (χ1v) is 6.10. The van der Waals surface area contributed by atoms with Crippen molar-refractivity contribution in [3.05, 3.63) is 28.7 Å². The van der Waals surface area contributed by atoms with Crippen LogP contribution in [0.2, 0.25) is 0 Å². The van der Waals surface area contributed by atoms with Crippen LogP contribution in [0.1, 0.15) is 0 Å². The van der Waals surface area contributed by atoms with Crippen LogP contribution in [0.3, 0.4) is 0 Å². The van der Waals surface area contributed by atoms with Crippen LogP contribution in [0.25, 0.3) is 0 Å². The van der Waals surface area contributed by atoms with Crippen molar-refractivity contribution in [3.8, 4) is 0 Å². The van der Waals surface area contributed by atoms with Crippen LogP contribution in [0.15, 0.2) is 33.6 Å². The van der Waals surface area contributed by atoms with Crippen molar-refractivity contribution in [1.29, 1.82) is 0 Å². The molecule has 1 aliphatic rings. The lowest BCUT2D eigenvalue weighted by Gasteiger charge is -2.03. The van der Waals surface area contributed by atoms with Crippen LogP contribution < -0.4 is 0 Å². The van der Waals surface area contributed by atoms with Gasteiger partial charge in [-0.1, -0.05) is 15.9 Å². The fourth-order valence-corrected chi connectivity index (χ4v) is 2.64. The van der Waals surface area contributed by atoms with Crippen molar-refractivity contribution in [2.75, 3.05) is 13.1 Å². The number of sulfonamides is 1. The van der Waals surface area contributed by atoms with Gasteiger partial charge < -0.3 is 0 Å². The lowest BCUT2D eigenvalue weighted by molar-refractivity contribution is 0.563. The molecule has 0 radical (unpaired) electrons. The van der Waals surface area contributed by atoms with Gasteiger partial charge in [-0.05, 0) is 24.3 Å². The zero-order valence-corrected chi connectivity index (χ0v) is 9.18. The second-order valence-electron chi connectivity index (χ2n) is 2.86. The van der Waals surface area contributed by atoms with Gasteiger partial charge >= 0.3 is 0 Å². The number of rotatable bonds is 2. The van der Waals surface area contributed by atoms with Gasteiger partial charge in [0.05, 0.1) is 4.90 Å². The summed E-state index contributed by atoms with van der Waals surface area (Å²) in [5.41, 5.74) is 0. The molecule has 0 amide bonds. The van der Waals surface area contributed by atoms with E-state index >= 15 is 0 Å². The smallest absolute Gasteiger partial charge is 0.207 e. The molecular formula is C8H8BrNO2S. The molecule has 0 aromatic heterocycles. The molecule has 0 atom stereocenters. The molecule has 1 heterocycles. The average molecular weight is 262 g/mol. The highest BCUT2D eigenvalue weighted by Crippen LogP contribution is 2.22. The minimum Gasteiger partial charge on any atom is -0.207 e. The fourth-order valence-electron chi connectivity index (χ4n) is 1.04. The third-order valence-electron chi connectivity index (χ3n) is 1.86. The normalized spacial score (nSPS) is 17.3. The van der Waals surface area contributed by atoms with Crippen LogP contribution >= 0.6 is 15.9 Å². The largest absolute Gasteiger partial charge is 0.243 e. The number of nitrogens with zero attached hydrogens (tertiary/aromatic N) is 1. The molecule has 1 aromatic rings. The molecular weight excluding hydrogens is 254 g/mol. The first-order chi connectivity index (χ1) is 6.10. The Kier molecular flexibility index (Phi) is 2.17. The van der Waals surface area contributed by atoms with Crippen molar-refractivity contribution < 1.29 is 8.42 Å². The Morgan fingerprint density at radius 3 is 2.15 bits per heavy atom. The van der Waals surface area contributed by atoms with E-state index in [1.54, 1.807) is 24.3 Å². The predicted molar refractivity (Wildman–Crippen MR) is 52.9 cm³/mol. The lowest BCUT2D eigenvalue weighted by atomic mass is 10.4. The van der Waals surface area contributed by atoms with Gasteiger partial charge in [0.2, 0.25) is 10.0 Å². The van der Waals surface area contributed by atoms with Crippen molar-refractivity contribution >= 4 is 26.0 Å². The van der Waals surface area contributed by atoms with E-state index in [4.69, 9.17) is 0 Å². The van der Waals surface area contributed by atoms with Crippen LogP contribution in [0, 0.1) is 0 Å². The van der Waals surface area contributed by atoms with Crippen LogP contribution in [0.5, 0.6) is 0 Å². The van der Waals surface area contributed by atoms with E-state index in [9.17, 15) is 8.42 Å². The average Bonchev–Trinajstić information content (AvgIpc) is 2.87. The number of benzene rings is 1. The Bertz CT molecular complexity index is 408. The molecule has 13 heavy (non-hydrogen) atoms. The highest BCUT2D eigenvalue weighted by Gasteiger charge is 2.32. The molecule has 0 spiro atoms. The third kappa shape index (κ3) is 1.77. The highest BCUT2D eigenvalue weighted by atomic mass is 79.9. The first-order valence-electron chi connectivity index (χ1n) is 3.86. The zero-order valence-electron chi connectivity index (χ0n) is 6.77. The molecule has 0 aliphatic carbocycles. The minimum atomic E-state index is -3.17. The molecule has 3 nitrogen and oxygen atoms in total. The summed E-state index contributed by atoms with van der Waals surface area (Å²) in [7, 11) is -3.17. The Morgan fingerprint density at radius 2 is 1.69 bits per heavy atom. The Labute approximate surface area is 85.5 Å². The third-order valence-corrected chi connectivity index (χ3v) is 4.30. The molecule has 70 valence electrons. The highest BCUT2D eigenvalue weighted by molar-refractivity contribution is 9.10. The molecule has 1 aromatic carbocycles. The Balaban J connectivity index is 2.40. The van der Waals surface area contributed by atoms with E-state index in [0.29, 0.717) is 18.0 Å². The minimum absolute atomic E-state index is 0.369. The molecule has 1 saturated heterocycles. The van der Waals surface area contributed by atoms with Crippen molar-refractivity contribution in [3.63, 3.8) is 0 Å². The summed E-state index contributed by atoms with van der Waals surface area (Å²) >= 11 is 3.26. The summed E-state index contributed by atoms with van der Waals surface area (Å²) in [6.07, 6.45) is 0. The monoisotopic (exact) mass is 261 g/mol. The van der Waals surface area contributed by atoms with Crippen molar-refractivity contribution in [2.45, 2.75) is 4.90 Å². The summed E-state index contributed by atoms with van der Waals surface area (Å²) in [6.45, 7) is 1.30. The summed E-state index contributed by atoms with van der Waals surface area (Å²) in [6, 6.07) is 6.68. The van der Waals surface area contributed by atoms with Crippen LogP contribution in [-0.2, 0) is 10.0 Å². The maximum absolute atomic E-state index is 11.6. The summed E-state index contributed by atoms with van der Waals surface area (Å²) < 4.78 is 25.6. The number of hydrogen-bond acceptors (Lipinski definition) is 2. The van der Waals surface area contributed by atoms with Gasteiger partial charge in [0.15, 0.2) is 0 Å². The quantitative estimate of drug-likeness (QED) is 0.756. The van der Waals surface area contributed by atoms with Gasteiger partial charge in [0.1, 0.15) is 0 Å². The SMILES string of the molecule is O=S(=O)(c1ccc(Br)cc1)N1CC1. The topological polar surface area (TPSA) is 37.1 Å². The molecule has 1 aliphatic heterocycles. The molecule has 1 fully saturated rings. The first kappa shape index (κ1) is 9.18. The Hall–Kier alpha value is -0.390. The predicted octanol–water partition coefficient (Wildman–Crippen LogP) is 1.45. The Morgan fingerprint density at radius 1 is 1.15 bits per heavy atom. The van der Waals surface area contributed by atoms with Gasteiger partial charge in [-0.15, -0.1) is 0 Å². The van der Waals surface area contributed by atoms with E-state index in [0.717, 1.165) is 4.47 Å². The molecule has 0 unspecified atom stereocenters. The molecule has 0 N–H and O–H groups in total.